The van der Waals surface area contributed by atoms with E-state index in [-0.39, 0.29) is 17.7 Å². The fourth-order valence-electron chi connectivity index (χ4n) is 2.95. The minimum absolute atomic E-state index is 0.0650. The summed E-state index contributed by atoms with van der Waals surface area (Å²) >= 11 is 0. The summed E-state index contributed by atoms with van der Waals surface area (Å²) in [5.41, 5.74) is -0.318. The number of likely N-dealkylation sites (tertiary alicyclic amines) is 1. The first-order chi connectivity index (χ1) is 11.4. The van der Waals surface area contributed by atoms with Crippen molar-refractivity contribution in [1.29, 1.82) is 0 Å². The molecule has 1 aromatic rings. The van der Waals surface area contributed by atoms with E-state index in [4.69, 9.17) is 4.74 Å². The first-order valence-corrected chi connectivity index (χ1v) is 8.23. The van der Waals surface area contributed by atoms with E-state index in [2.05, 4.69) is 5.32 Å². The van der Waals surface area contributed by atoms with Crippen molar-refractivity contribution in [2.45, 2.75) is 44.9 Å². The SMILES string of the molecule is CCOC(=O)N1CCC(N[C@@H](C)[C@@H](O)c2c(F)cccc2F)CC1. The van der Waals surface area contributed by atoms with Gasteiger partial charge < -0.3 is 20.1 Å². The average Bonchev–Trinajstić information content (AvgIpc) is 2.55. The molecule has 1 saturated heterocycles. The zero-order valence-electron chi connectivity index (χ0n) is 14.0. The summed E-state index contributed by atoms with van der Waals surface area (Å²) < 4.78 is 32.5. The van der Waals surface area contributed by atoms with E-state index in [9.17, 15) is 18.7 Å². The molecule has 5 nitrogen and oxygen atoms in total. The largest absolute Gasteiger partial charge is 0.450 e. The molecule has 0 saturated carbocycles. The van der Waals surface area contributed by atoms with Gasteiger partial charge in [-0.3, -0.25) is 0 Å². The minimum Gasteiger partial charge on any atom is -0.450 e. The molecule has 1 amide bonds. The van der Waals surface area contributed by atoms with Gasteiger partial charge >= 0.3 is 6.09 Å². The fraction of sp³-hybridized carbons (Fsp3) is 0.588. The Morgan fingerprint density at radius 1 is 1.38 bits per heavy atom. The van der Waals surface area contributed by atoms with Crippen LogP contribution in [-0.2, 0) is 4.74 Å². The van der Waals surface area contributed by atoms with Crippen LogP contribution in [0.5, 0.6) is 0 Å². The van der Waals surface area contributed by atoms with Gasteiger partial charge in [0.25, 0.3) is 0 Å². The Hall–Kier alpha value is -1.73. The number of nitrogens with one attached hydrogen (secondary N) is 1. The van der Waals surface area contributed by atoms with Crippen LogP contribution in [0.3, 0.4) is 0 Å². The molecule has 1 fully saturated rings. The van der Waals surface area contributed by atoms with Gasteiger partial charge in [0, 0.05) is 25.2 Å². The van der Waals surface area contributed by atoms with Gasteiger partial charge in [-0.25, -0.2) is 13.6 Å². The van der Waals surface area contributed by atoms with E-state index in [1.807, 2.05) is 0 Å². The quantitative estimate of drug-likeness (QED) is 0.863. The van der Waals surface area contributed by atoms with Gasteiger partial charge in [0.05, 0.1) is 18.3 Å². The number of aliphatic hydroxyl groups is 1. The standard InChI is InChI=1S/C17H24F2N2O3/c1-3-24-17(23)21-9-7-12(8-10-21)20-11(2)16(22)15-13(18)5-4-6-14(15)19/h4-6,11-12,16,20,22H,3,7-10H2,1-2H3/t11-,16+/m0/s1. The highest BCUT2D eigenvalue weighted by Crippen LogP contribution is 2.24. The highest BCUT2D eigenvalue weighted by molar-refractivity contribution is 5.67. The number of amides is 1. The summed E-state index contributed by atoms with van der Waals surface area (Å²) in [7, 11) is 0. The molecule has 1 aliphatic rings. The summed E-state index contributed by atoms with van der Waals surface area (Å²) in [5.74, 6) is -1.51. The van der Waals surface area contributed by atoms with Gasteiger partial charge in [-0.05, 0) is 38.8 Å². The van der Waals surface area contributed by atoms with Crippen molar-refractivity contribution in [2.24, 2.45) is 0 Å². The smallest absolute Gasteiger partial charge is 0.409 e. The number of hydrogen-bond donors (Lipinski definition) is 2. The molecule has 0 unspecified atom stereocenters. The Kier molecular flexibility index (Phi) is 6.51. The van der Waals surface area contributed by atoms with Crippen LogP contribution in [0.1, 0.15) is 38.4 Å². The minimum atomic E-state index is -1.28. The molecule has 0 aliphatic carbocycles. The topological polar surface area (TPSA) is 61.8 Å². The van der Waals surface area contributed by atoms with E-state index in [0.717, 1.165) is 12.1 Å². The van der Waals surface area contributed by atoms with Crippen LogP contribution in [0, 0.1) is 11.6 Å². The number of ether oxygens (including phenoxy) is 1. The van der Waals surface area contributed by atoms with Crippen LogP contribution in [-0.4, -0.2) is 47.9 Å². The molecule has 24 heavy (non-hydrogen) atoms. The average molecular weight is 342 g/mol. The molecule has 2 atom stereocenters. The molecule has 1 aliphatic heterocycles. The van der Waals surface area contributed by atoms with Crippen molar-refractivity contribution in [3.05, 3.63) is 35.4 Å². The fourth-order valence-corrected chi connectivity index (χ4v) is 2.95. The second kappa shape index (κ2) is 8.39. The molecule has 0 radical (unpaired) electrons. The Morgan fingerprint density at radius 3 is 2.50 bits per heavy atom. The summed E-state index contributed by atoms with van der Waals surface area (Å²) in [6.45, 7) is 4.89. The van der Waals surface area contributed by atoms with E-state index < -0.39 is 23.8 Å². The predicted molar refractivity (Wildman–Crippen MR) is 85.5 cm³/mol. The molecule has 1 heterocycles. The number of halogens is 2. The molecule has 2 N–H and O–H groups in total. The van der Waals surface area contributed by atoms with Gasteiger partial charge in [0.1, 0.15) is 11.6 Å². The summed E-state index contributed by atoms with van der Waals surface area (Å²) in [6.07, 6.45) is -0.225. The second-order valence-electron chi connectivity index (χ2n) is 6.00. The molecule has 2 rings (SSSR count). The number of aliphatic hydroxyl groups excluding tert-OH is 1. The number of piperidine rings is 1. The first-order valence-electron chi connectivity index (χ1n) is 8.23. The maximum absolute atomic E-state index is 13.8. The Labute approximate surface area is 140 Å². The first kappa shape index (κ1) is 18.6. The number of nitrogens with zero attached hydrogens (tertiary/aromatic N) is 1. The van der Waals surface area contributed by atoms with Crippen LogP contribution >= 0.6 is 0 Å². The Bertz CT molecular complexity index is 543. The van der Waals surface area contributed by atoms with E-state index in [1.54, 1.807) is 18.7 Å². The van der Waals surface area contributed by atoms with E-state index >= 15 is 0 Å². The third-order valence-corrected chi connectivity index (χ3v) is 4.29. The van der Waals surface area contributed by atoms with Crippen molar-refractivity contribution in [2.75, 3.05) is 19.7 Å². The maximum atomic E-state index is 13.8. The number of carbonyl (C=O) groups excluding carboxylic acids is 1. The highest BCUT2D eigenvalue weighted by atomic mass is 19.1. The Balaban J connectivity index is 1.89. The molecule has 7 heteroatoms. The number of hydrogen-bond acceptors (Lipinski definition) is 4. The van der Waals surface area contributed by atoms with Gasteiger partial charge in [-0.2, -0.15) is 0 Å². The monoisotopic (exact) mass is 342 g/mol. The third kappa shape index (κ3) is 4.42. The van der Waals surface area contributed by atoms with Crippen LogP contribution < -0.4 is 5.32 Å². The lowest BCUT2D eigenvalue weighted by Gasteiger charge is -2.34. The van der Waals surface area contributed by atoms with Crippen molar-refractivity contribution < 1.29 is 23.4 Å². The number of rotatable bonds is 5. The van der Waals surface area contributed by atoms with E-state index in [0.29, 0.717) is 32.5 Å². The van der Waals surface area contributed by atoms with Crippen LogP contribution in [0.15, 0.2) is 18.2 Å². The Morgan fingerprint density at radius 2 is 1.96 bits per heavy atom. The van der Waals surface area contributed by atoms with Crippen molar-refractivity contribution in [3.8, 4) is 0 Å². The summed E-state index contributed by atoms with van der Waals surface area (Å²) in [5, 5.41) is 13.5. The van der Waals surface area contributed by atoms with Crippen LogP contribution in [0.2, 0.25) is 0 Å². The lowest BCUT2D eigenvalue weighted by atomic mass is 9.99. The van der Waals surface area contributed by atoms with E-state index in [1.165, 1.54) is 6.07 Å². The third-order valence-electron chi connectivity index (χ3n) is 4.29. The van der Waals surface area contributed by atoms with Crippen LogP contribution in [0.4, 0.5) is 13.6 Å². The molecular formula is C17H24F2N2O3. The molecular weight excluding hydrogens is 318 g/mol. The molecule has 0 bridgehead atoms. The van der Waals surface area contributed by atoms with Crippen molar-refractivity contribution >= 4 is 6.09 Å². The molecule has 1 aromatic carbocycles. The zero-order chi connectivity index (χ0) is 17.7. The maximum Gasteiger partial charge on any atom is 0.409 e. The van der Waals surface area contributed by atoms with Gasteiger partial charge in [-0.1, -0.05) is 6.07 Å². The lowest BCUT2D eigenvalue weighted by Crippen LogP contribution is -2.48. The predicted octanol–water partition coefficient (Wildman–Crippen LogP) is 2.60. The van der Waals surface area contributed by atoms with Crippen molar-refractivity contribution in [3.63, 3.8) is 0 Å². The van der Waals surface area contributed by atoms with Gasteiger partial charge in [0.15, 0.2) is 0 Å². The lowest BCUT2D eigenvalue weighted by molar-refractivity contribution is 0.0858. The molecule has 0 spiro atoms. The van der Waals surface area contributed by atoms with Gasteiger partial charge in [-0.15, -0.1) is 0 Å². The van der Waals surface area contributed by atoms with Crippen molar-refractivity contribution in [1.82, 2.24) is 10.2 Å². The molecule has 134 valence electrons. The summed E-state index contributed by atoms with van der Waals surface area (Å²) in [6, 6.07) is 3.08. The zero-order valence-corrected chi connectivity index (χ0v) is 14.0. The summed E-state index contributed by atoms with van der Waals surface area (Å²) in [4.78, 5) is 13.3. The second-order valence-corrected chi connectivity index (χ2v) is 6.00. The number of benzene rings is 1. The molecule has 0 aromatic heterocycles. The normalized spacial score (nSPS) is 18.3. The van der Waals surface area contributed by atoms with Crippen LogP contribution in [0.25, 0.3) is 0 Å². The highest BCUT2D eigenvalue weighted by Gasteiger charge is 2.28. The van der Waals surface area contributed by atoms with Gasteiger partial charge in [0.2, 0.25) is 0 Å². The number of carbonyl (C=O) groups is 1.